The minimum atomic E-state index is 0.542. The lowest BCUT2D eigenvalue weighted by molar-refractivity contribution is 0.415. The van der Waals surface area contributed by atoms with Gasteiger partial charge in [-0.15, -0.1) is 11.3 Å². The van der Waals surface area contributed by atoms with E-state index >= 15 is 0 Å². The maximum Gasteiger partial charge on any atom is 0.124 e. The van der Waals surface area contributed by atoms with Gasteiger partial charge < -0.3 is 10.5 Å². The summed E-state index contributed by atoms with van der Waals surface area (Å²) in [5, 5.41) is 3.06. The van der Waals surface area contributed by atoms with Crippen molar-refractivity contribution in [3.63, 3.8) is 0 Å². The lowest BCUT2D eigenvalue weighted by Crippen LogP contribution is -1.95. The highest BCUT2D eigenvalue weighted by Crippen LogP contribution is 2.30. The van der Waals surface area contributed by atoms with Gasteiger partial charge in [-0.05, 0) is 23.8 Å². The van der Waals surface area contributed by atoms with E-state index in [0.29, 0.717) is 6.54 Å². The van der Waals surface area contributed by atoms with Gasteiger partial charge in [0.1, 0.15) is 10.8 Å². The zero-order chi connectivity index (χ0) is 14.7. The van der Waals surface area contributed by atoms with Crippen molar-refractivity contribution in [2.45, 2.75) is 6.54 Å². The molecule has 0 fully saturated rings. The molecule has 21 heavy (non-hydrogen) atoms. The molecule has 0 spiro atoms. The van der Waals surface area contributed by atoms with E-state index in [-0.39, 0.29) is 0 Å². The lowest BCUT2D eigenvalue weighted by atomic mass is 10.1. The van der Waals surface area contributed by atoms with Gasteiger partial charge in [-0.1, -0.05) is 30.3 Å². The van der Waals surface area contributed by atoms with Crippen LogP contribution in [0, 0.1) is 0 Å². The second-order valence-corrected chi connectivity index (χ2v) is 5.53. The van der Waals surface area contributed by atoms with Crippen molar-refractivity contribution in [2.24, 2.45) is 5.73 Å². The fourth-order valence-electron chi connectivity index (χ4n) is 2.15. The Balaban J connectivity index is 1.95. The largest absolute Gasteiger partial charge is 0.497 e. The van der Waals surface area contributed by atoms with Crippen LogP contribution in [0.4, 0.5) is 0 Å². The summed E-state index contributed by atoms with van der Waals surface area (Å²) >= 11 is 1.63. The Morgan fingerprint density at radius 3 is 2.71 bits per heavy atom. The molecule has 3 nitrogen and oxygen atoms in total. The Morgan fingerprint density at radius 1 is 1.10 bits per heavy atom. The van der Waals surface area contributed by atoms with Crippen LogP contribution in [-0.2, 0) is 6.54 Å². The third-order valence-electron chi connectivity index (χ3n) is 3.28. The number of rotatable bonds is 4. The lowest BCUT2D eigenvalue weighted by Gasteiger charge is -2.02. The molecule has 0 unspecified atom stereocenters. The molecule has 3 aromatic rings. The number of thiazole rings is 1. The first-order chi connectivity index (χ1) is 10.3. The molecule has 0 radical (unpaired) electrons. The van der Waals surface area contributed by atoms with E-state index in [0.717, 1.165) is 33.1 Å². The molecule has 1 aromatic heterocycles. The molecule has 0 atom stereocenters. The molecule has 1 heterocycles. The first kappa shape index (κ1) is 13.8. The second kappa shape index (κ2) is 6.08. The van der Waals surface area contributed by atoms with Gasteiger partial charge >= 0.3 is 0 Å². The van der Waals surface area contributed by atoms with Gasteiger partial charge in [0.05, 0.1) is 12.8 Å². The first-order valence-electron chi connectivity index (χ1n) is 6.69. The van der Waals surface area contributed by atoms with Gasteiger partial charge in [-0.2, -0.15) is 0 Å². The predicted molar refractivity (Wildman–Crippen MR) is 87.4 cm³/mol. The molecule has 0 aliphatic rings. The normalized spacial score (nSPS) is 10.6. The van der Waals surface area contributed by atoms with Crippen molar-refractivity contribution < 1.29 is 4.74 Å². The summed E-state index contributed by atoms with van der Waals surface area (Å²) in [6.45, 7) is 0.542. The van der Waals surface area contributed by atoms with E-state index < -0.39 is 0 Å². The molecule has 0 bridgehead atoms. The summed E-state index contributed by atoms with van der Waals surface area (Å²) in [5.41, 5.74) is 9.96. The first-order valence-corrected chi connectivity index (χ1v) is 7.57. The quantitative estimate of drug-likeness (QED) is 0.793. The molecular formula is C17H16N2OS. The van der Waals surface area contributed by atoms with Crippen molar-refractivity contribution >= 4 is 11.3 Å². The maximum atomic E-state index is 5.69. The molecule has 3 rings (SSSR count). The summed E-state index contributed by atoms with van der Waals surface area (Å²) in [4.78, 5) is 4.72. The summed E-state index contributed by atoms with van der Waals surface area (Å²) in [7, 11) is 1.67. The Labute approximate surface area is 128 Å². The highest BCUT2D eigenvalue weighted by molar-refractivity contribution is 7.13. The van der Waals surface area contributed by atoms with Crippen molar-refractivity contribution in [3.8, 4) is 27.6 Å². The number of hydrogen-bond acceptors (Lipinski definition) is 4. The van der Waals surface area contributed by atoms with Crippen LogP contribution in [-0.4, -0.2) is 12.1 Å². The molecule has 4 heteroatoms. The average Bonchev–Trinajstić information content (AvgIpc) is 3.05. The molecular weight excluding hydrogens is 280 g/mol. The van der Waals surface area contributed by atoms with Crippen molar-refractivity contribution in [2.75, 3.05) is 7.11 Å². The van der Waals surface area contributed by atoms with E-state index in [9.17, 15) is 0 Å². The molecule has 0 aliphatic heterocycles. The van der Waals surface area contributed by atoms with Gasteiger partial charge in [0, 0.05) is 23.1 Å². The van der Waals surface area contributed by atoms with Gasteiger partial charge in [0.25, 0.3) is 0 Å². The highest BCUT2D eigenvalue weighted by Gasteiger charge is 2.07. The van der Waals surface area contributed by atoms with E-state index in [2.05, 4.69) is 17.5 Å². The molecule has 106 valence electrons. The van der Waals surface area contributed by atoms with Crippen molar-refractivity contribution in [1.82, 2.24) is 4.98 Å². The summed E-state index contributed by atoms with van der Waals surface area (Å²) < 4.78 is 5.26. The monoisotopic (exact) mass is 296 g/mol. The zero-order valence-corrected chi connectivity index (χ0v) is 12.6. The van der Waals surface area contributed by atoms with Crippen LogP contribution in [0.25, 0.3) is 21.8 Å². The highest BCUT2D eigenvalue weighted by atomic mass is 32.1. The Kier molecular flexibility index (Phi) is 3.99. The number of hydrogen-bond donors (Lipinski definition) is 1. The van der Waals surface area contributed by atoms with Crippen LogP contribution in [0.5, 0.6) is 5.75 Å². The minimum absolute atomic E-state index is 0.542. The van der Waals surface area contributed by atoms with Gasteiger partial charge in [-0.3, -0.25) is 0 Å². The Morgan fingerprint density at radius 2 is 1.90 bits per heavy atom. The van der Waals surface area contributed by atoms with Crippen LogP contribution in [0.15, 0.2) is 53.9 Å². The number of nitrogens with zero attached hydrogens (tertiary/aromatic N) is 1. The van der Waals surface area contributed by atoms with E-state index in [1.807, 2.05) is 36.4 Å². The van der Waals surface area contributed by atoms with E-state index in [4.69, 9.17) is 15.5 Å². The molecule has 2 aromatic carbocycles. The summed E-state index contributed by atoms with van der Waals surface area (Å²) in [6, 6.07) is 16.1. The average molecular weight is 296 g/mol. The van der Waals surface area contributed by atoms with E-state index in [1.165, 1.54) is 0 Å². The van der Waals surface area contributed by atoms with Crippen LogP contribution < -0.4 is 10.5 Å². The van der Waals surface area contributed by atoms with Crippen LogP contribution in [0.3, 0.4) is 0 Å². The summed E-state index contributed by atoms with van der Waals surface area (Å²) in [5.74, 6) is 0.842. The number of aromatic nitrogens is 1. The molecule has 0 aliphatic carbocycles. The molecule has 0 saturated heterocycles. The minimum Gasteiger partial charge on any atom is -0.497 e. The van der Waals surface area contributed by atoms with Crippen LogP contribution in [0.1, 0.15) is 5.56 Å². The van der Waals surface area contributed by atoms with Crippen LogP contribution in [0.2, 0.25) is 0 Å². The third-order valence-corrected chi connectivity index (χ3v) is 4.17. The zero-order valence-electron chi connectivity index (χ0n) is 11.7. The molecule has 2 N–H and O–H groups in total. The van der Waals surface area contributed by atoms with E-state index in [1.54, 1.807) is 18.4 Å². The Hall–Kier alpha value is -2.17. The third kappa shape index (κ3) is 2.96. The van der Waals surface area contributed by atoms with Crippen LogP contribution >= 0.6 is 11.3 Å². The predicted octanol–water partition coefficient (Wildman–Crippen LogP) is 3.94. The van der Waals surface area contributed by atoms with Gasteiger partial charge in [-0.25, -0.2) is 4.98 Å². The Bertz CT molecular complexity index is 690. The molecule has 0 amide bonds. The van der Waals surface area contributed by atoms with Crippen molar-refractivity contribution in [1.29, 1.82) is 0 Å². The summed E-state index contributed by atoms with van der Waals surface area (Å²) in [6.07, 6.45) is 0. The number of methoxy groups -OCH3 is 1. The second-order valence-electron chi connectivity index (χ2n) is 4.67. The number of benzene rings is 2. The fourth-order valence-corrected chi connectivity index (χ4v) is 2.98. The van der Waals surface area contributed by atoms with Gasteiger partial charge in [0.15, 0.2) is 0 Å². The number of nitrogens with two attached hydrogens (primary N) is 1. The maximum absolute atomic E-state index is 5.69. The molecule has 0 saturated carbocycles. The smallest absolute Gasteiger partial charge is 0.124 e. The topological polar surface area (TPSA) is 48.1 Å². The fraction of sp³-hybridized carbons (Fsp3) is 0.118. The van der Waals surface area contributed by atoms with Gasteiger partial charge in [0.2, 0.25) is 0 Å². The van der Waals surface area contributed by atoms with Crippen molar-refractivity contribution in [3.05, 3.63) is 59.5 Å². The SMILES string of the molecule is COc1cccc(-c2nc(-c3cccc(CN)c3)cs2)c1. The standard InChI is InChI=1S/C17H16N2OS/c1-20-15-7-3-6-14(9-15)17-19-16(11-21-17)13-5-2-4-12(8-13)10-18/h2-9,11H,10,18H2,1H3. The number of ether oxygens (including phenoxy) is 1.